The molecule has 5 nitrogen and oxygen atoms in total. The molecule has 1 rings (SSSR count). The molecule has 0 bridgehead atoms. The van der Waals surface area contributed by atoms with Crippen LogP contribution in [0.25, 0.3) is 0 Å². The average molecular weight is 195 g/mol. The van der Waals surface area contributed by atoms with E-state index in [1.54, 1.807) is 0 Å². The van der Waals surface area contributed by atoms with Gasteiger partial charge in [0.1, 0.15) is 5.82 Å². The Morgan fingerprint density at radius 1 is 1.07 bits per heavy atom. The van der Waals surface area contributed by atoms with Gasteiger partial charge in [-0.25, -0.2) is 0 Å². The van der Waals surface area contributed by atoms with Crippen LogP contribution in [0, 0.1) is 0 Å². The van der Waals surface area contributed by atoms with E-state index in [9.17, 15) is 0 Å². The van der Waals surface area contributed by atoms with Crippen molar-refractivity contribution in [3.05, 3.63) is 5.82 Å². The van der Waals surface area contributed by atoms with E-state index < -0.39 is 0 Å². The molecule has 1 aromatic heterocycles. The van der Waals surface area contributed by atoms with Crippen LogP contribution >= 0.6 is 0 Å². The first-order chi connectivity index (χ1) is 6.71. The topological polar surface area (TPSA) is 67.9 Å². The maximum atomic E-state index is 5.59. The molecule has 14 heavy (non-hydrogen) atoms. The van der Waals surface area contributed by atoms with Gasteiger partial charge in [0.25, 0.3) is 0 Å². The molecule has 2 N–H and O–H groups in total. The van der Waals surface area contributed by atoms with Crippen molar-refractivity contribution in [2.45, 2.75) is 27.2 Å². The van der Waals surface area contributed by atoms with Gasteiger partial charge in [-0.2, -0.15) is 15.0 Å². The monoisotopic (exact) mass is 195 g/mol. The lowest BCUT2D eigenvalue weighted by Gasteiger charge is -2.18. The smallest absolute Gasteiger partial charge is 0.230 e. The summed E-state index contributed by atoms with van der Waals surface area (Å²) >= 11 is 0. The fraction of sp³-hybridized carbons (Fsp3) is 0.667. The van der Waals surface area contributed by atoms with Crippen molar-refractivity contribution in [1.82, 2.24) is 15.0 Å². The molecule has 0 spiro atoms. The Morgan fingerprint density at radius 2 is 1.71 bits per heavy atom. The van der Waals surface area contributed by atoms with Gasteiger partial charge >= 0.3 is 0 Å². The van der Waals surface area contributed by atoms with Gasteiger partial charge in [0.15, 0.2) is 0 Å². The lowest BCUT2D eigenvalue weighted by Crippen LogP contribution is -2.25. The minimum atomic E-state index is 0.304. The molecule has 1 aromatic rings. The summed E-state index contributed by atoms with van der Waals surface area (Å²) < 4.78 is 0. The molecular weight excluding hydrogens is 178 g/mol. The van der Waals surface area contributed by atoms with Crippen molar-refractivity contribution in [1.29, 1.82) is 0 Å². The van der Waals surface area contributed by atoms with E-state index in [4.69, 9.17) is 5.73 Å². The second kappa shape index (κ2) is 4.74. The number of hydrogen-bond donors (Lipinski definition) is 1. The summed E-state index contributed by atoms with van der Waals surface area (Å²) in [6, 6.07) is 0. The molecule has 0 saturated heterocycles. The van der Waals surface area contributed by atoms with E-state index in [0.29, 0.717) is 11.9 Å². The molecule has 0 aliphatic heterocycles. The zero-order valence-electron chi connectivity index (χ0n) is 8.99. The fourth-order valence-electron chi connectivity index (χ4n) is 1.23. The van der Waals surface area contributed by atoms with Crippen molar-refractivity contribution in [2.75, 3.05) is 23.7 Å². The standard InChI is InChI=1S/C9H17N5/c1-4-7-11-8(10)13-9(12-7)14(5-2)6-3/h4-6H2,1-3H3,(H2,10,11,12,13). The van der Waals surface area contributed by atoms with E-state index in [1.807, 2.05) is 6.92 Å². The molecule has 0 fully saturated rings. The van der Waals surface area contributed by atoms with Gasteiger partial charge in [-0.05, 0) is 13.8 Å². The minimum Gasteiger partial charge on any atom is -0.368 e. The van der Waals surface area contributed by atoms with Crippen LogP contribution in [0.5, 0.6) is 0 Å². The molecule has 0 radical (unpaired) electrons. The maximum Gasteiger partial charge on any atom is 0.230 e. The fourth-order valence-corrected chi connectivity index (χ4v) is 1.23. The Labute approximate surface area is 84.4 Å². The Balaban J connectivity index is 3.01. The van der Waals surface area contributed by atoms with Gasteiger partial charge in [-0.1, -0.05) is 6.92 Å². The number of nitrogens with zero attached hydrogens (tertiary/aromatic N) is 4. The van der Waals surface area contributed by atoms with Crippen LogP contribution in [0.4, 0.5) is 11.9 Å². The van der Waals surface area contributed by atoms with E-state index in [0.717, 1.165) is 25.3 Å². The van der Waals surface area contributed by atoms with Crippen LogP contribution < -0.4 is 10.6 Å². The second-order valence-electron chi connectivity index (χ2n) is 2.94. The predicted molar refractivity (Wildman–Crippen MR) is 57.2 cm³/mol. The van der Waals surface area contributed by atoms with Gasteiger partial charge in [0.05, 0.1) is 0 Å². The van der Waals surface area contributed by atoms with Gasteiger partial charge in [0, 0.05) is 19.5 Å². The zero-order valence-corrected chi connectivity index (χ0v) is 8.99. The Hall–Kier alpha value is -1.39. The van der Waals surface area contributed by atoms with Gasteiger partial charge < -0.3 is 10.6 Å². The number of anilines is 2. The highest BCUT2D eigenvalue weighted by atomic mass is 15.3. The van der Waals surface area contributed by atoms with Gasteiger partial charge in [-0.15, -0.1) is 0 Å². The first kappa shape index (κ1) is 10.7. The Kier molecular flexibility index (Phi) is 3.62. The Bertz CT molecular complexity index is 295. The molecule has 0 saturated carbocycles. The average Bonchev–Trinajstić information content (AvgIpc) is 2.19. The van der Waals surface area contributed by atoms with Crippen LogP contribution in [0.1, 0.15) is 26.6 Å². The molecule has 0 aromatic carbocycles. The molecule has 0 unspecified atom stereocenters. The first-order valence-corrected chi connectivity index (χ1v) is 4.96. The number of nitrogen functional groups attached to an aromatic ring is 1. The molecule has 1 heterocycles. The summed E-state index contributed by atoms with van der Waals surface area (Å²) in [6.45, 7) is 7.89. The van der Waals surface area contributed by atoms with Crippen LogP contribution in [-0.2, 0) is 6.42 Å². The highest BCUT2D eigenvalue weighted by Crippen LogP contribution is 2.08. The lowest BCUT2D eigenvalue weighted by atomic mass is 10.4. The summed E-state index contributed by atoms with van der Waals surface area (Å²) in [5, 5.41) is 0. The molecule has 78 valence electrons. The maximum absolute atomic E-state index is 5.59. The van der Waals surface area contributed by atoms with Crippen molar-refractivity contribution >= 4 is 11.9 Å². The summed E-state index contributed by atoms with van der Waals surface area (Å²) in [4.78, 5) is 14.5. The number of rotatable bonds is 4. The summed E-state index contributed by atoms with van der Waals surface area (Å²) in [5.74, 6) is 1.73. The molecular formula is C9H17N5. The summed E-state index contributed by atoms with van der Waals surface area (Å²) in [6.07, 6.45) is 0.779. The molecule has 0 amide bonds. The number of aryl methyl sites for hydroxylation is 1. The predicted octanol–water partition coefficient (Wildman–Crippen LogP) is 0.862. The lowest BCUT2D eigenvalue weighted by molar-refractivity contribution is 0.793. The Morgan fingerprint density at radius 3 is 2.21 bits per heavy atom. The van der Waals surface area contributed by atoms with Gasteiger partial charge in [-0.3, -0.25) is 0 Å². The highest BCUT2D eigenvalue weighted by Gasteiger charge is 2.07. The van der Waals surface area contributed by atoms with Crippen LogP contribution in [0.3, 0.4) is 0 Å². The van der Waals surface area contributed by atoms with Crippen LogP contribution in [0.15, 0.2) is 0 Å². The number of hydrogen-bond acceptors (Lipinski definition) is 5. The molecule has 0 atom stereocenters. The second-order valence-corrected chi connectivity index (χ2v) is 2.94. The van der Waals surface area contributed by atoms with E-state index in [2.05, 4.69) is 33.7 Å². The van der Waals surface area contributed by atoms with E-state index >= 15 is 0 Å². The molecule has 5 heteroatoms. The highest BCUT2D eigenvalue weighted by molar-refractivity contribution is 5.34. The quantitative estimate of drug-likeness (QED) is 0.771. The van der Waals surface area contributed by atoms with Gasteiger partial charge in [0.2, 0.25) is 11.9 Å². The normalized spacial score (nSPS) is 10.2. The van der Waals surface area contributed by atoms with Crippen molar-refractivity contribution in [2.24, 2.45) is 0 Å². The summed E-state index contributed by atoms with van der Waals surface area (Å²) in [7, 11) is 0. The third-order valence-corrected chi connectivity index (χ3v) is 2.05. The SMILES string of the molecule is CCc1nc(N)nc(N(CC)CC)n1. The van der Waals surface area contributed by atoms with E-state index in [1.165, 1.54) is 0 Å². The first-order valence-electron chi connectivity index (χ1n) is 4.96. The molecule has 0 aliphatic carbocycles. The third-order valence-electron chi connectivity index (χ3n) is 2.05. The van der Waals surface area contributed by atoms with Crippen molar-refractivity contribution in [3.8, 4) is 0 Å². The largest absolute Gasteiger partial charge is 0.368 e. The van der Waals surface area contributed by atoms with Crippen LogP contribution in [0.2, 0.25) is 0 Å². The van der Waals surface area contributed by atoms with Crippen LogP contribution in [-0.4, -0.2) is 28.0 Å². The third kappa shape index (κ3) is 2.31. The molecule has 0 aliphatic rings. The number of aromatic nitrogens is 3. The van der Waals surface area contributed by atoms with Crippen molar-refractivity contribution in [3.63, 3.8) is 0 Å². The summed E-state index contributed by atoms with van der Waals surface area (Å²) in [5.41, 5.74) is 5.59. The minimum absolute atomic E-state index is 0.304. The van der Waals surface area contributed by atoms with Crippen molar-refractivity contribution < 1.29 is 0 Å². The number of nitrogens with two attached hydrogens (primary N) is 1. The zero-order chi connectivity index (χ0) is 10.6. The van der Waals surface area contributed by atoms with E-state index in [-0.39, 0.29) is 0 Å².